The Morgan fingerprint density at radius 3 is 2.85 bits per heavy atom. The van der Waals surface area contributed by atoms with Crippen molar-refractivity contribution in [1.82, 2.24) is 20.4 Å². The Balaban J connectivity index is 1.60. The maximum absolute atomic E-state index is 13.0. The lowest BCUT2D eigenvalue weighted by Gasteiger charge is -2.35. The Labute approximate surface area is 161 Å². The minimum atomic E-state index is -0.258. The molecule has 144 valence electrons. The van der Waals surface area contributed by atoms with E-state index in [0.29, 0.717) is 0 Å². The molecule has 1 unspecified atom stereocenters. The van der Waals surface area contributed by atoms with Crippen LogP contribution in [0.4, 0.5) is 0 Å². The molecule has 2 N–H and O–H groups in total. The predicted molar refractivity (Wildman–Crippen MR) is 107 cm³/mol. The van der Waals surface area contributed by atoms with Crippen molar-refractivity contribution in [3.05, 3.63) is 46.8 Å². The van der Waals surface area contributed by atoms with Gasteiger partial charge < -0.3 is 10.6 Å². The molecule has 0 spiro atoms. The summed E-state index contributed by atoms with van der Waals surface area (Å²) in [6, 6.07) is 6.43. The molecule has 0 radical (unpaired) electrons. The van der Waals surface area contributed by atoms with Crippen molar-refractivity contribution in [2.75, 3.05) is 13.1 Å². The molecule has 1 aromatic carbocycles. The number of hydrogen-bond acceptors (Lipinski definition) is 3. The second-order valence-electron chi connectivity index (χ2n) is 8.41. The first-order valence-electron chi connectivity index (χ1n) is 10.1. The third kappa shape index (κ3) is 3.29. The molecule has 1 aliphatic carbocycles. The largest absolute Gasteiger partial charge is 0.349 e. The van der Waals surface area contributed by atoms with Gasteiger partial charge in [-0.3, -0.25) is 4.79 Å². The van der Waals surface area contributed by atoms with Crippen LogP contribution in [0.3, 0.4) is 0 Å². The normalized spacial score (nSPS) is 21.5. The Bertz CT molecular complexity index is 848. The number of aromatic nitrogens is 2. The summed E-state index contributed by atoms with van der Waals surface area (Å²) in [5.74, 6) is 0.196. The molecule has 4 rings (SSSR count). The van der Waals surface area contributed by atoms with E-state index in [1.165, 1.54) is 22.4 Å². The molecular formula is C22H30N4O. The van der Waals surface area contributed by atoms with E-state index >= 15 is 0 Å². The molecule has 1 atom stereocenters. The highest BCUT2D eigenvalue weighted by Crippen LogP contribution is 2.34. The quantitative estimate of drug-likeness (QED) is 0.876. The molecule has 1 aromatic heterocycles. The maximum Gasteiger partial charge on any atom is 0.226 e. The van der Waals surface area contributed by atoms with Gasteiger partial charge in [0.05, 0.1) is 17.9 Å². The number of hydrogen-bond donors (Lipinski definition) is 2. The van der Waals surface area contributed by atoms with Gasteiger partial charge in [0.1, 0.15) is 0 Å². The van der Waals surface area contributed by atoms with Gasteiger partial charge in [0.15, 0.2) is 0 Å². The number of carbonyl (C=O) groups is 1. The number of nitrogens with one attached hydrogen (secondary N) is 2. The van der Waals surface area contributed by atoms with Gasteiger partial charge in [0, 0.05) is 16.7 Å². The van der Waals surface area contributed by atoms with Crippen LogP contribution in [0, 0.1) is 19.3 Å². The molecular weight excluding hydrogens is 336 g/mol. The van der Waals surface area contributed by atoms with Crippen molar-refractivity contribution < 1.29 is 4.79 Å². The van der Waals surface area contributed by atoms with E-state index in [0.717, 1.165) is 50.9 Å². The zero-order valence-electron chi connectivity index (χ0n) is 16.6. The minimum absolute atomic E-state index is 0.0758. The van der Waals surface area contributed by atoms with E-state index in [-0.39, 0.29) is 17.4 Å². The van der Waals surface area contributed by atoms with E-state index in [4.69, 9.17) is 5.10 Å². The summed E-state index contributed by atoms with van der Waals surface area (Å²) in [7, 11) is 0. The van der Waals surface area contributed by atoms with E-state index in [2.05, 4.69) is 54.3 Å². The van der Waals surface area contributed by atoms with Crippen LogP contribution < -0.4 is 10.6 Å². The van der Waals surface area contributed by atoms with Crippen LogP contribution in [0.2, 0.25) is 0 Å². The van der Waals surface area contributed by atoms with Gasteiger partial charge >= 0.3 is 0 Å². The maximum atomic E-state index is 13.0. The smallest absolute Gasteiger partial charge is 0.226 e. The SMILES string of the molecule is Cc1cccc(-n2ncc3c2CCCC3NC(=O)C2(C)CCNCC2)c1C. The van der Waals surface area contributed by atoms with Crippen LogP contribution in [0.5, 0.6) is 0 Å². The summed E-state index contributed by atoms with van der Waals surface area (Å²) in [5, 5.41) is 11.4. The summed E-state index contributed by atoms with van der Waals surface area (Å²) < 4.78 is 2.09. The second-order valence-corrected chi connectivity index (χ2v) is 8.41. The van der Waals surface area contributed by atoms with Crippen LogP contribution in [0.15, 0.2) is 24.4 Å². The van der Waals surface area contributed by atoms with Gasteiger partial charge in [-0.25, -0.2) is 4.68 Å². The number of fused-ring (bicyclic) bond motifs is 1. The van der Waals surface area contributed by atoms with Crippen LogP contribution >= 0.6 is 0 Å². The molecule has 2 aromatic rings. The molecule has 2 aliphatic rings. The summed E-state index contributed by atoms with van der Waals surface area (Å²) >= 11 is 0. The fourth-order valence-corrected chi connectivity index (χ4v) is 4.42. The highest BCUT2D eigenvalue weighted by molar-refractivity contribution is 5.82. The van der Waals surface area contributed by atoms with Crippen molar-refractivity contribution in [2.24, 2.45) is 5.41 Å². The first kappa shape index (κ1) is 18.2. The first-order valence-corrected chi connectivity index (χ1v) is 10.1. The van der Waals surface area contributed by atoms with Crippen molar-refractivity contribution in [2.45, 2.75) is 58.9 Å². The van der Waals surface area contributed by atoms with Gasteiger partial charge in [-0.1, -0.05) is 19.1 Å². The molecule has 0 bridgehead atoms. The monoisotopic (exact) mass is 366 g/mol. The van der Waals surface area contributed by atoms with E-state index < -0.39 is 0 Å². The Kier molecular flexibility index (Phi) is 4.81. The summed E-state index contributed by atoms with van der Waals surface area (Å²) in [6.07, 6.45) is 6.85. The van der Waals surface area contributed by atoms with Gasteiger partial charge in [-0.15, -0.1) is 0 Å². The molecule has 1 amide bonds. The number of rotatable bonds is 3. The number of carbonyl (C=O) groups excluding carboxylic acids is 1. The zero-order valence-corrected chi connectivity index (χ0v) is 16.6. The second kappa shape index (κ2) is 7.12. The molecule has 1 aliphatic heterocycles. The van der Waals surface area contributed by atoms with Crippen molar-refractivity contribution in [3.8, 4) is 5.69 Å². The molecule has 1 fully saturated rings. The number of amides is 1. The van der Waals surface area contributed by atoms with Gasteiger partial charge in [0.25, 0.3) is 0 Å². The topological polar surface area (TPSA) is 59.0 Å². The predicted octanol–water partition coefficient (Wildman–Crippen LogP) is 3.37. The standard InChI is InChI=1S/C22H30N4O/c1-15-6-4-8-19(16(15)2)26-20-9-5-7-18(17(20)14-24-26)25-21(27)22(3)10-12-23-13-11-22/h4,6,8,14,18,23H,5,7,9-13H2,1-3H3,(H,25,27). The number of benzene rings is 1. The lowest BCUT2D eigenvalue weighted by molar-refractivity contribution is -0.132. The Morgan fingerprint density at radius 1 is 1.30 bits per heavy atom. The average Bonchev–Trinajstić information content (AvgIpc) is 3.09. The van der Waals surface area contributed by atoms with E-state index in [1.807, 2.05) is 6.20 Å². The third-order valence-electron chi connectivity index (χ3n) is 6.55. The van der Waals surface area contributed by atoms with Crippen LogP contribution in [0.25, 0.3) is 5.69 Å². The third-order valence-corrected chi connectivity index (χ3v) is 6.55. The molecule has 27 heavy (non-hydrogen) atoms. The highest BCUT2D eigenvalue weighted by Gasteiger charge is 2.37. The summed E-state index contributed by atoms with van der Waals surface area (Å²) in [4.78, 5) is 13.0. The van der Waals surface area contributed by atoms with Crippen LogP contribution in [0.1, 0.15) is 61.0 Å². The summed E-state index contributed by atoms with van der Waals surface area (Å²) in [5.41, 5.74) is 5.86. The molecule has 5 heteroatoms. The lowest BCUT2D eigenvalue weighted by Crippen LogP contribution is -2.47. The van der Waals surface area contributed by atoms with Crippen LogP contribution in [-0.4, -0.2) is 28.8 Å². The fraction of sp³-hybridized carbons (Fsp3) is 0.545. The van der Waals surface area contributed by atoms with Crippen molar-refractivity contribution in [1.29, 1.82) is 0 Å². The molecule has 2 heterocycles. The lowest BCUT2D eigenvalue weighted by atomic mass is 9.79. The minimum Gasteiger partial charge on any atom is -0.349 e. The highest BCUT2D eigenvalue weighted by atomic mass is 16.2. The van der Waals surface area contributed by atoms with Gasteiger partial charge in [-0.2, -0.15) is 5.10 Å². The number of nitrogens with zero attached hydrogens (tertiary/aromatic N) is 2. The summed E-state index contributed by atoms with van der Waals surface area (Å²) in [6.45, 7) is 8.23. The number of aryl methyl sites for hydroxylation is 1. The van der Waals surface area contributed by atoms with Crippen molar-refractivity contribution >= 4 is 5.91 Å². The van der Waals surface area contributed by atoms with E-state index in [9.17, 15) is 4.79 Å². The Morgan fingerprint density at radius 2 is 2.07 bits per heavy atom. The molecule has 0 saturated carbocycles. The van der Waals surface area contributed by atoms with Gasteiger partial charge in [-0.05, 0) is 76.2 Å². The Hall–Kier alpha value is -2.14. The van der Waals surface area contributed by atoms with E-state index in [1.54, 1.807) is 0 Å². The number of piperidine rings is 1. The first-order chi connectivity index (χ1) is 13.0. The van der Waals surface area contributed by atoms with Crippen molar-refractivity contribution in [3.63, 3.8) is 0 Å². The average molecular weight is 367 g/mol. The van der Waals surface area contributed by atoms with Crippen LogP contribution in [-0.2, 0) is 11.2 Å². The zero-order chi connectivity index (χ0) is 19.0. The molecule has 5 nitrogen and oxygen atoms in total. The fourth-order valence-electron chi connectivity index (χ4n) is 4.42. The van der Waals surface area contributed by atoms with Gasteiger partial charge in [0.2, 0.25) is 5.91 Å². The molecule has 1 saturated heterocycles.